The molecule has 0 radical (unpaired) electrons. The van der Waals surface area contributed by atoms with Crippen molar-refractivity contribution in [1.29, 1.82) is 0 Å². The molecule has 10 heavy (non-hydrogen) atoms. The minimum Gasteiger partial charge on any atom is -0.201 e. The van der Waals surface area contributed by atoms with Gasteiger partial charge < -0.3 is 0 Å². The maximum absolute atomic E-state index is 3.80. The van der Waals surface area contributed by atoms with Gasteiger partial charge in [0, 0.05) is 6.54 Å². The quantitative estimate of drug-likeness (QED) is 0.432. The van der Waals surface area contributed by atoms with Crippen LogP contribution in [-0.4, -0.2) is 11.6 Å². The molecular weight excluding hydrogens is 126 g/mol. The van der Waals surface area contributed by atoms with Crippen molar-refractivity contribution in [1.82, 2.24) is 5.01 Å². The zero-order valence-electron chi connectivity index (χ0n) is 6.25. The fraction of sp³-hybridized carbons (Fsp3) is 0.714. The second-order valence-electron chi connectivity index (χ2n) is 2.32. The Labute approximate surface area is 61.4 Å². The average molecular weight is 138 g/mol. The van der Waals surface area contributed by atoms with Crippen LogP contribution in [0.4, 0.5) is 0 Å². The van der Waals surface area contributed by atoms with E-state index in [0.29, 0.717) is 0 Å². The largest absolute Gasteiger partial charge is 0.445 e. The third kappa shape index (κ3) is 2.11. The number of hydrogen-bond donors (Lipinski definition) is 0. The van der Waals surface area contributed by atoms with Crippen LogP contribution in [-0.2, 0) is 0 Å². The minimum absolute atomic E-state index is 0.977. The zero-order valence-corrected chi connectivity index (χ0v) is 6.25. The summed E-state index contributed by atoms with van der Waals surface area (Å²) in [5, 5.41) is 9.20. The van der Waals surface area contributed by atoms with E-state index in [0.717, 1.165) is 6.54 Å². The number of unbranched alkanes of at least 4 members (excludes halogenated alkanes) is 2. The Morgan fingerprint density at radius 1 is 1.50 bits per heavy atom. The van der Waals surface area contributed by atoms with Crippen LogP contribution in [0.5, 0.6) is 0 Å². The lowest BCUT2D eigenvalue weighted by Gasteiger charge is -2.02. The molecule has 0 fully saturated rings. The van der Waals surface area contributed by atoms with Crippen molar-refractivity contribution in [2.45, 2.75) is 26.2 Å². The lowest BCUT2D eigenvalue weighted by atomic mass is 10.2. The summed E-state index contributed by atoms with van der Waals surface area (Å²) < 4.78 is 0. The van der Waals surface area contributed by atoms with Gasteiger partial charge in [0.05, 0.1) is 0 Å². The van der Waals surface area contributed by atoms with Crippen LogP contribution in [0.15, 0.2) is 16.5 Å². The predicted octanol–water partition coefficient (Wildman–Crippen LogP) is 2.13. The molecule has 0 spiro atoms. The molecule has 0 bridgehead atoms. The molecule has 0 aromatic carbocycles. The van der Waals surface area contributed by atoms with Gasteiger partial charge in [-0.15, -0.1) is 0 Å². The highest BCUT2D eigenvalue weighted by molar-refractivity contribution is 4.74. The lowest BCUT2D eigenvalue weighted by molar-refractivity contribution is 0.378. The molecule has 1 rings (SSSR count). The highest BCUT2D eigenvalue weighted by Crippen LogP contribution is 2.03. The van der Waals surface area contributed by atoms with Gasteiger partial charge in [-0.2, -0.15) is 0 Å². The molecule has 0 saturated carbocycles. The van der Waals surface area contributed by atoms with Crippen molar-refractivity contribution >= 4 is 0 Å². The molecule has 0 unspecified atom stereocenters. The SMILES string of the molecule is CCCCCN1C=[C+]N=N1. The summed E-state index contributed by atoms with van der Waals surface area (Å²) in [5.41, 5.74) is 0. The molecule has 0 atom stereocenters. The Kier molecular flexibility index (Phi) is 2.84. The number of hydrogen-bond acceptors (Lipinski definition) is 3. The van der Waals surface area contributed by atoms with Gasteiger partial charge in [-0.25, -0.2) is 5.01 Å². The van der Waals surface area contributed by atoms with Gasteiger partial charge >= 0.3 is 12.4 Å². The van der Waals surface area contributed by atoms with Crippen LogP contribution in [0.25, 0.3) is 0 Å². The van der Waals surface area contributed by atoms with Gasteiger partial charge in [0.15, 0.2) is 0 Å². The van der Waals surface area contributed by atoms with Crippen molar-refractivity contribution < 1.29 is 0 Å². The molecule has 1 aliphatic heterocycles. The zero-order chi connectivity index (χ0) is 7.23. The molecule has 1 aliphatic rings. The Morgan fingerprint density at radius 2 is 2.40 bits per heavy atom. The van der Waals surface area contributed by atoms with E-state index in [-0.39, 0.29) is 0 Å². The first-order valence-electron chi connectivity index (χ1n) is 3.69. The van der Waals surface area contributed by atoms with Crippen LogP contribution >= 0.6 is 0 Å². The summed E-state index contributed by atoms with van der Waals surface area (Å²) in [7, 11) is 0. The summed E-state index contributed by atoms with van der Waals surface area (Å²) in [6.07, 6.45) is 8.13. The summed E-state index contributed by atoms with van der Waals surface area (Å²) in [4.78, 5) is 0. The third-order valence-electron chi connectivity index (χ3n) is 1.41. The van der Waals surface area contributed by atoms with Gasteiger partial charge in [-0.05, 0) is 11.6 Å². The Balaban J connectivity index is 2.03. The Hall–Kier alpha value is -0.950. The number of rotatable bonds is 4. The lowest BCUT2D eigenvalue weighted by Crippen LogP contribution is -2.07. The summed E-state index contributed by atoms with van der Waals surface area (Å²) >= 11 is 0. The smallest absolute Gasteiger partial charge is 0.201 e. The van der Waals surface area contributed by atoms with Crippen LogP contribution < -0.4 is 0 Å². The van der Waals surface area contributed by atoms with E-state index in [9.17, 15) is 0 Å². The van der Waals surface area contributed by atoms with Crippen LogP contribution in [0.1, 0.15) is 26.2 Å². The second kappa shape index (κ2) is 3.96. The molecule has 3 nitrogen and oxygen atoms in total. The van der Waals surface area contributed by atoms with Gasteiger partial charge in [0.1, 0.15) is 5.11 Å². The maximum atomic E-state index is 3.80. The number of nitrogens with zero attached hydrogens (tertiary/aromatic N) is 3. The van der Waals surface area contributed by atoms with Crippen molar-refractivity contribution in [3.63, 3.8) is 0 Å². The second-order valence-corrected chi connectivity index (χ2v) is 2.32. The summed E-state index contributed by atoms with van der Waals surface area (Å²) in [6, 6.07) is 0. The van der Waals surface area contributed by atoms with E-state index in [2.05, 4.69) is 23.5 Å². The molecule has 54 valence electrons. The summed E-state index contributed by atoms with van der Waals surface area (Å²) in [5.74, 6) is 0. The molecule has 0 amide bonds. The monoisotopic (exact) mass is 138 g/mol. The van der Waals surface area contributed by atoms with E-state index in [1.165, 1.54) is 19.3 Å². The molecular formula is C7H12N3+. The third-order valence-corrected chi connectivity index (χ3v) is 1.41. The highest BCUT2D eigenvalue weighted by atomic mass is 15.6. The van der Waals surface area contributed by atoms with Gasteiger partial charge in [0.2, 0.25) is 0 Å². The van der Waals surface area contributed by atoms with Crippen molar-refractivity contribution in [2.24, 2.45) is 10.3 Å². The highest BCUT2D eigenvalue weighted by Gasteiger charge is 2.09. The average Bonchev–Trinajstić information content (AvgIpc) is 2.41. The Bertz CT molecular complexity index is 128. The van der Waals surface area contributed by atoms with E-state index >= 15 is 0 Å². The van der Waals surface area contributed by atoms with Crippen molar-refractivity contribution in [3.05, 3.63) is 12.4 Å². The molecule has 1 heterocycles. The van der Waals surface area contributed by atoms with E-state index in [1.54, 1.807) is 6.20 Å². The van der Waals surface area contributed by atoms with Crippen LogP contribution in [0.2, 0.25) is 0 Å². The molecule has 0 aromatic heterocycles. The van der Waals surface area contributed by atoms with Crippen LogP contribution in [0, 0.1) is 6.20 Å². The first-order valence-corrected chi connectivity index (χ1v) is 3.69. The van der Waals surface area contributed by atoms with Gasteiger partial charge in [-0.1, -0.05) is 19.8 Å². The fourth-order valence-electron chi connectivity index (χ4n) is 0.835. The predicted molar refractivity (Wildman–Crippen MR) is 38.9 cm³/mol. The van der Waals surface area contributed by atoms with Crippen molar-refractivity contribution in [3.8, 4) is 0 Å². The molecule has 0 aliphatic carbocycles. The maximum Gasteiger partial charge on any atom is 0.445 e. The molecule has 0 saturated heterocycles. The fourth-order valence-corrected chi connectivity index (χ4v) is 0.835. The van der Waals surface area contributed by atoms with E-state index in [1.807, 2.05) is 5.01 Å². The van der Waals surface area contributed by atoms with Gasteiger partial charge in [-0.3, -0.25) is 0 Å². The van der Waals surface area contributed by atoms with E-state index < -0.39 is 0 Å². The first kappa shape index (κ1) is 7.16. The first-order chi connectivity index (χ1) is 4.93. The van der Waals surface area contributed by atoms with E-state index in [4.69, 9.17) is 0 Å². The minimum atomic E-state index is 0.977. The standard InChI is InChI=1S/C7H12N3/c1-2-3-4-6-10-7-5-8-9-10/h7H,2-4,6H2,1H3/q+1. The topological polar surface area (TPSA) is 28.0 Å². The summed E-state index contributed by atoms with van der Waals surface area (Å²) in [6.45, 7) is 3.16. The van der Waals surface area contributed by atoms with Gasteiger partial charge in [0.25, 0.3) is 0 Å². The molecule has 0 N–H and O–H groups in total. The van der Waals surface area contributed by atoms with Crippen molar-refractivity contribution in [2.75, 3.05) is 6.54 Å². The van der Waals surface area contributed by atoms with Crippen LogP contribution in [0.3, 0.4) is 0 Å². The Morgan fingerprint density at radius 3 is 3.00 bits per heavy atom. The normalized spacial score (nSPS) is 14.3. The molecule has 0 aromatic rings. The molecule has 3 heteroatoms.